The van der Waals surface area contributed by atoms with Gasteiger partial charge in [0.15, 0.2) is 0 Å². The molecule has 0 aliphatic carbocycles. The molecule has 0 aromatic carbocycles. The molecular formula is C5H11O4S-. The molecule has 1 N–H and O–H groups in total. The van der Waals surface area contributed by atoms with Crippen LogP contribution in [0.2, 0.25) is 0 Å². The predicted octanol–water partition coefficient (Wildman–Crippen LogP) is -0.0435. The van der Waals surface area contributed by atoms with E-state index < -0.39 is 23.1 Å². The van der Waals surface area contributed by atoms with Crippen molar-refractivity contribution >= 4 is 11.4 Å². The van der Waals surface area contributed by atoms with Crippen LogP contribution in [-0.4, -0.2) is 25.6 Å². The summed E-state index contributed by atoms with van der Waals surface area (Å²) in [5.74, 6) is 0. The van der Waals surface area contributed by atoms with Crippen LogP contribution in [0, 0.1) is 0 Å². The van der Waals surface area contributed by atoms with Gasteiger partial charge in [0.05, 0.1) is 23.1 Å². The summed E-state index contributed by atoms with van der Waals surface area (Å²) in [6, 6.07) is 0. The van der Waals surface area contributed by atoms with Crippen LogP contribution in [0.1, 0.15) is 20.8 Å². The second-order valence-electron chi connectivity index (χ2n) is 2.60. The first-order valence-corrected chi connectivity index (χ1v) is 3.83. The van der Waals surface area contributed by atoms with Gasteiger partial charge in [0.2, 0.25) is 0 Å². The molecular weight excluding hydrogens is 156 g/mol. The molecule has 0 heterocycles. The topological polar surface area (TPSA) is 69.6 Å². The molecule has 5 heteroatoms. The summed E-state index contributed by atoms with van der Waals surface area (Å²) in [5, 5.41) is 9.14. The van der Waals surface area contributed by atoms with Gasteiger partial charge in [0, 0.05) is 0 Å². The van der Waals surface area contributed by atoms with Crippen LogP contribution in [0.15, 0.2) is 0 Å². The fourth-order valence-electron chi connectivity index (χ4n) is 0.236. The average molecular weight is 167 g/mol. The summed E-state index contributed by atoms with van der Waals surface area (Å²) in [4.78, 5) is 0. The van der Waals surface area contributed by atoms with Gasteiger partial charge < -0.3 is 9.66 Å². The highest BCUT2D eigenvalue weighted by atomic mass is 32.2. The van der Waals surface area contributed by atoms with Crippen molar-refractivity contribution in [1.82, 2.24) is 0 Å². The molecule has 0 aromatic heterocycles. The number of hydrogen-bond donors (Lipinski definition) is 1. The van der Waals surface area contributed by atoms with E-state index >= 15 is 0 Å². The van der Waals surface area contributed by atoms with Gasteiger partial charge in [0.25, 0.3) is 0 Å². The summed E-state index contributed by atoms with van der Waals surface area (Å²) in [7, 11) is 0. The second kappa shape index (κ2) is 3.43. The molecule has 0 aliphatic rings. The van der Waals surface area contributed by atoms with E-state index in [-0.39, 0.29) is 0 Å². The highest BCUT2D eigenvalue weighted by Crippen LogP contribution is 2.11. The molecule has 0 aromatic rings. The van der Waals surface area contributed by atoms with Crippen molar-refractivity contribution in [3.63, 3.8) is 0 Å². The molecule has 62 valence electrons. The van der Waals surface area contributed by atoms with Crippen molar-refractivity contribution < 1.29 is 18.1 Å². The Morgan fingerprint density at radius 3 is 2.20 bits per heavy atom. The van der Waals surface area contributed by atoms with Crippen molar-refractivity contribution in [2.45, 2.75) is 32.5 Å². The van der Waals surface area contributed by atoms with Gasteiger partial charge in [-0.05, 0) is 20.8 Å². The van der Waals surface area contributed by atoms with E-state index in [9.17, 15) is 8.76 Å². The first-order chi connectivity index (χ1) is 4.34. The Bertz CT molecular complexity index is 128. The quantitative estimate of drug-likeness (QED) is 0.598. The lowest BCUT2D eigenvalue weighted by Gasteiger charge is -2.25. The lowest BCUT2D eigenvalue weighted by molar-refractivity contribution is -0.0223. The lowest BCUT2D eigenvalue weighted by Crippen LogP contribution is -2.36. The zero-order valence-electron chi connectivity index (χ0n) is 6.16. The number of rotatable bonds is 3. The molecule has 0 aliphatic heterocycles. The van der Waals surface area contributed by atoms with E-state index in [0.717, 1.165) is 0 Å². The SMILES string of the molecule is CC(OS(=O)[O-])C(C)(C)O. The molecule has 2 unspecified atom stereocenters. The molecule has 0 radical (unpaired) electrons. The normalized spacial score (nSPS) is 18.5. The molecule has 0 amide bonds. The van der Waals surface area contributed by atoms with Gasteiger partial charge in [-0.3, -0.25) is 4.18 Å². The zero-order chi connectivity index (χ0) is 8.36. The predicted molar refractivity (Wildman–Crippen MR) is 35.8 cm³/mol. The Morgan fingerprint density at radius 1 is 1.70 bits per heavy atom. The summed E-state index contributed by atoms with van der Waals surface area (Å²) in [6.07, 6.45) is -0.717. The van der Waals surface area contributed by atoms with Crippen LogP contribution in [0.25, 0.3) is 0 Å². The second-order valence-corrected chi connectivity index (χ2v) is 3.20. The summed E-state index contributed by atoms with van der Waals surface area (Å²) < 4.78 is 24.1. The summed E-state index contributed by atoms with van der Waals surface area (Å²) in [5.41, 5.74) is -1.12. The highest BCUT2D eigenvalue weighted by Gasteiger charge is 2.23. The van der Waals surface area contributed by atoms with Gasteiger partial charge >= 0.3 is 0 Å². The minimum Gasteiger partial charge on any atom is -0.750 e. The van der Waals surface area contributed by atoms with Crippen LogP contribution < -0.4 is 0 Å². The Kier molecular flexibility index (Phi) is 3.44. The van der Waals surface area contributed by atoms with Crippen LogP contribution in [-0.2, 0) is 15.5 Å². The van der Waals surface area contributed by atoms with Crippen molar-refractivity contribution in [3.05, 3.63) is 0 Å². The van der Waals surface area contributed by atoms with Crippen molar-refractivity contribution in [1.29, 1.82) is 0 Å². The summed E-state index contributed by atoms with van der Waals surface area (Å²) in [6.45, 7) is 4.44. The van der Waals surface area contributed by atoms with E-state index in [4.69, 9.17) is 5.11 Å². The maximum absolute atomic E-state index is 9.92. The van der Waals surface area contributed by atoms with Crippen molar-refractivity contribution in [2.75, 3.05) is 0 Å². The van der Waals surface area contributed by atoms with E-state index in [2.05, 4.69) is 4.18 Å². The smallest absolute Gasteiger partial charge is 0.0990 e. The Labute approximate surface area is 62.7 Å². The first-order valence-electron chi connectivity index (χ1n) is 2.83. The third kappa shape index (κ3) is 3.94. The third-order valence-corrected chi connectivity index (χ3v) is 1.66. The Morgan fingerprint density at radius 2 is 2.10 bits per heavy atom. The third-order valence-electron chi connectivity index (χ3n) is 1.22. The fourth-order valence-corrected chi connectivity index (χ4v) is 0.707. The Hall–Kier alpha value is 0.0300. The van der Waals surface area contributed by atoms with Gasteiger partial charge in [-0.15, -0.1) is 0 Å². The summed E-state index contributed by atoms with van der Waals surface area (Å²) >= 11 is -2.55. The molecule has 0 saturated carbocycles. The van der Waals surface area contributed by atoms with E-state index in [1.165, 1.54) is 20.8 Å². The van der Waals surface area contributed by atoms with E-state index in [1.54, 1.807) is 0 Å². The van der Waals surface area contributed by atoms with E-state index in [1.807, 2.05) is 0 Å². The van der Waals surface area contributed by atoms with E-state index in [0.29, 0.717) is 0 Å². The lowest BCUT2D eigenvalue weighted by atomic mass is 10.0. The van der Waals surface area contributed by atoms with Crippen molar-refractivity contribution in [2.24, 2.45) is 0 Å². The maximum Gasteiger partial charge on any atom is 0.0990 e. The largest absolute Gasteiger partial charge is 0.750 e. The monoisotopic (exact) mass is 167 g/mol. The molecule has 0 spiro atoms. The molecule has 4 nitrogen and oxygen atoms in total. The average Bonchev–Trinajstić information content (AvgIpc) is 1.60. The molecule has 0 fully saturated rings. The Balaban J connectivity index is 3.85. The fraction of sp³-hybridized carbons (Fsp3) is 1.00. The van der Waals surface area contributed by atoms with Gasteiger partial charge in [0.1, 0.15) is 0 Å². The standard InChI is InChI=1S/C5H12O4S/c1-4(5(2,3)6)9-10(7)8/h4,6H,1-3H3,(H,7,8)/p-1. The minimum absolute atomic E-state index is 0.717. The van der Waals surface area contributed by atoms with Crippen LogP contribution in [0.5, 0.6) is 0 Å². The van der Waals surface area contributed by atoms with Gasteiger partial charge in [-0.25, -0.2) is 4.21 Å². The molecule has 0 saturated heterocycles. The molecule has 2 atom stereocenters. The van der Waals surface area contributed by atoms with Crippen LogP contribution in [0.3, 0.4) is 0 Å². The molecule has 0 rings (SSSR count). The molecule has 0 bridgehead atoms. The molecule has 10 heavy (non-hydrogen) atoms. The van der Waals surface area contributed by atoms with Gasteiger partial charge in [-0.1, -0.05) is 0 Å². The number of aliphatic hydroxyl groups is 1. The maximum atomic E-state index is 9.92. The van der Waals surface area contributed by atoms with Crippen LogP contribution in [0.4, 0.5) is 0 Å². The minimum atomic E-state index is -2.55. The zero-order valence-corrected chi connectivity index (χ0v) is 6.97. The highest BCUT2D eigenvalue weighted by molar-refractivity contribution is 7.74. The van der Waals surface area contributed by atoms with Gasteiger partial charge in [-0.2, -0.15) is 0 Å². The first kappa shape index (κ1) is 10.0. The number of hydrogen-bond acceptors (Lipinski definition) is 4. The van der Waals surface area contributed by atoms with Crippen molar-refractivity contribution in [3.8, 4) is 0 Å². The van der Waals surface area contributed by atoms with Crippen LogP contribution >= 0.6 is 0 Å².